The number of methoxy groups -OCH3 is 2. The molecule has 4 nitrogen and oxygen atoms in total. The Balaban J connectivity index is 2.46. The van der Waals surface area contributed by atoms with Crippen molar-refractivity contribution in [1.29, 1.82) is 0 Å². The number of hydrogen-bond acceptors (Lipinski definition) is 4. The number of hydrogen-bond donors (Lipinski definition) is 1. The second-order valence-corrected chi connectivity index (χ2v) is 4.02. The van der Waals surface area contributed by atoms with E-state index in [1.165, 1.54) is 7.11 Å². The van der Waals surface area contributed by atoms with Crippen LogP contribution in [0, 0.1) is 0 Å². The van der Waals surface area contributed by atoms with Crippen LogP contribution in [0.5, 0.6) is 11.5 Å². The number of rotatable bonds is 4. The molecule has 2 aromatic rings. The predicted molar refractivity (Wildman–Crippen MR) is 73.8 cm³/mol. The highest BCUT2D eigenvalue weighted by atomic mass is 16.5. The van der Waals surface area contributed by atoms with E-state index >= 15 is 0 Å². The Bertz CT molecular complexity index is 608. The zero-order chi connectivity index (χ0) is 13.8. The lowest BCUT2D eigenvalue weighted by molar-refractivity contribution is 0.103. The molecule has 0 fully saturated rings. The summed E-state index contributed by atoms with van der Waals surface area (Å²) in [5.74, 6) is 0.985. The van der Waals surface area contributed by atoms with Gasteiger partial charge in [0.25, 0.3) is 0 Å². The first-order valence-corrected chi connectivity index (χ1v) is 5.78. The van der Waals surface area contributed by atoms with Crippen LogP contribution in [0.4, 0.5) is 5.69 Å². The largest absolute Gasteiger partial charge is 0.497 e. The average Bonchev–Trinajstić information content (AvgIpc) is 2.46. The minimum atomic E-state index is -0.150. The molecule has 0 aliphatic heterocycles. The normalized spacial score (nSPS) is 10.0. The molecule has 0 amide bonds. The van der Waals surface area contributed by atoms with Crippen LogP contribution in [-0.4, -0.2) is 20.0 Å². The Morgan fingerprint density at radius 2 is 1.84 bits per heavy atom. The SMILES string of the molecule is COc1cccc(C(=O)c2cc(N)ccc2OC)c1. The van der Waals surface area contributed by atoms with E-state index in [0.717, 1.165) is 0 Å². The third-order valence-corrected chi connectivity index (χ3v) is 2.80. The van der Waals surface area contributed by atoms with E-state index in [4.69, 9.17) is 15.2 Å². The summed E-state index contributed by atoms with van der Waals surface area (Å²) in [6, 6.07) is 12.0. The first-order chi connectivity index (χ1) is 9.15. The predicted octanol–water partition coefficient (Wildman–Crippen LogP) is 2.52. The van der Waals surface area contributed by atoms with Gasteiger partial charge in [-0.25, -0.2) is 0 Å². The third-order valence-electron chi connectivity index (χ3n) is 2.80. The Morgan fingerprint density at radius 1 is 1.05 bits per heavy atom. The quantitative estimate of drug-likeness (QED) is 0.675. The smallest absolute Gasteiger partial charge is 0.196 e. The number of nitrogen functional groups attached to an aromatic ring is 1. The van der Waals surface area contributed by atoms with Gasteiger partial charge in [-0.15, -0.1) is 0 Å². The zero-order valence-corrected chi connectivity index (χ0v) is 10.8. The molecule has 0 aromatic heterocycles. The van der Waals surface area contributed by atoms with Crippen LogP contribution in [0.25, 0.3) is 0 Å². The van der Waals surface area contributed by atoms with Gasteiger partial charge in [0.05, 0.1) is 19.8 Å². The highest BCUT2D eigenvalue weighted by molar-refractivity contribution is 6.11. The molecule has 4 heteroatoms. The maximum Gasteiger partial charge on any atom is 0.196 e. The highest BCUT2D eigenvalue weighted by Gasteiger charge is 2.15. The molecule has 0 radical (unpaired) electrons. The van der Waals surface area contributed by atoms with Gasteiger partial charge in [0, 0.05) is 11.3 Å². The molecule has 19 heavy (non-hydrogen) atoms. The minimum Gasteiger partial charge on any atom is -0.497 e. The maximum atomic E-state index is 12.5. The van der Waals surface area contributed by atoms with Crippen LogP contribution >= 0.6 is 0 Å². The maximum absolute atomic E-state index is 12.5. The Morgan fingerprint density at radius 3 is 2.53 bits per heavy atom. The number of carbonyl (C=O) groups is 1. The third kappa shape index (κ3) is 2.68. The molecular weight excluding hydrogens is 242 g/mol. The molecule has 0 saturated carbocycles. The molecule has 98 valence electrons. The van der Waals surface area contributed by atoms with Gasteiger partial charge < -0.3 is 15.2 Å². The van der Waals surface area contributed by atoms with Crippen LogP contribution in [0.2, 0.25) is 0 Å². The first kappa shape index (κ1) is 13.0. The summed E-state index contributed by atoms with van der Waals surface area (Å²) in [5, 5.41) is 0. The van der Waals surface area contributed by atoms with Gasteiger partial charge in [-0.2, -0.15) is 0 Å². The zero-order valence-electron chi connectivity index (χ0n) is 10.8. The Kier molecular flexibility index (Phi) is 3.71. The van der Waals surface area contributed by atoms with E-state index in [1.54, 1.807) is 49.6 Å². The van der Waals surface area contributed by atoms with Crippen LogP contribution in [0.1, 0.15) is 15.9 Å². The van der Waals surface area contributed by atoms with Crippen molar-refractivity contribution in [3.8, 4) is 11.5 Å². The van der Waals surface area contributed by atoms with Gasteiger partial charge in [-0.1, -0.05) is 12.1 Å². The molecule has 2 N–H and O–H groups in total. The van der Waals surface area contributed by atoms with E-state index in [0.29, 0.717) is 28.3 Å². The van der Waals surface area contributed by atoms with Crippen molar-refractivity contribution in [3.05, 3.63) is 53.6 Å². The Labute approximate surface area is 111 Å². The average molecular weight is 257 g/mol. The molecular formula is C15H15NO3. The fourth-order valence-corrected chi connectivity index (χ4v) is 1.82. The second kappa shape index (κ2) is 5.44. The van der Waals surface area contributed by atoms with E-state index in [1.807, 2.05) is 0 Å². The van der Waals surface area contributed by atoms with Gasteiger partial charge in [-0.3, -0.25) is 4.79 Å². The Hall–Kier alpha value is -2.49. The first-order valence-electron chi connectivity index (χ1n) is 5.78. The van der Waals surface area contributed by atoms with Gasteiger partial charge in [-0.05, 0) is 30.3 Å². The van der Waals surface area contributed by atoms with Crippen LogP contribution in [-0.2, 0) is 0 Å². The van der Waals surface area contributed by atoms with E-state index in [9.17, 15) is 4.79 Å². The summed E-state index contributed by atoms with van der Waals surface area (Å²) in [7, 11) is 3.08. The lowest BCUT2D eigenvalue weighted by Crippen LogP contribution is -2.05. The van der Waals surface area contributed by atoms with Crippen molar-refractivity contribution in [3.63, 3.8) is 0 Å². The standard InChI is InChI=1S/C15H15NO3/c1-18-12-5-3-4-10(8-12)15(17)13-9-11(16)6-7-14(13)19-2/h3-9H,16H2,1-2H3. The molecule has 0 heterocycles. The fraction of sp³-hybridized carbons (Fsp3) is 0.133. The molecule has 0 atom stereocenters. The molecule has 0 aliphatic carbocycles. The summed E-state index contributed by atoms with van der Waals surface area (Å²) in [5.41, 5.74) is 7.21. The number of ketones is 1. The van der Waals surface area contributed by atoms with Crippen molar-refractivity contribution in [2.24, 2.45) is 0 Å². The van der Waals surface area contributed by atoms with E-state index in [-0.39, 0.29) is 5.78 Å². The van der Waals surface area contributed by atoms with Gasteiger partial charge in [0.2, 0.25) is 0 Å². The van der Waals surface area contributed by atoms with Gasteiger partial charge in [0.1, 0.15) is 11.5 Å². The van der Waals surface area contributed by atoms with Crippen LogP contribution < -0.4 is 15.2 Å². The van der Waals surface area contributed by atoms with Crippen molar-refractivity contribution >= 4 is 11.5 Å². The number of nitrogens with two attached hydrogens (primary N) is 1. The van der Waals surface area contributed by atoms with Crippen molar-refractivity contribution in [2.75, 3.05) is 20.0 Å². The summed E-state index contributed by atoms with van der Waals surface area (Å²) in [6.45, 7) is 0. The molecule has 0 aliphatic rings. The lowest BCUT2D eigenvalue weighted by Gasteiger charge is -2.09. The number of benzene rings is 2. The molecule has 2 aromatic carbocycles. The molecule has 0 unspecified atom stereocenters. The van der Waals surface area contributed by atoms with Gasteiger partial charge >= 0.3 is 0 Å². The molecule has 0 saturated heterocycles. The van der Waals surface area contributed by atoms with Gasteiger partial charge in [0.15, 0.2) is 5.78 Å². The van der Waals surface area contributed by atoms with E-state index < -0.39 is 0 Å². The topological polar surface area (TPSA) is 61.5 Å². The highest BCUT2D eigenvalue weighted by Crippen LogP contribution is 2.25. The van der Waals surface area contributed by atoms with Crippen LogP contribution in [0.15, 0.2) is 42.5 Å². The number of anilines is 1. The fourth-order valence-electron chi connectivity index (χ4n) is 1.82. The van der Waals surface area contributed by atoms with Crippen molar-refractivity contribution in [1.82, 2.24) is 0 Å². The van der Waals surface area contributed by atoms with Crippen molar-refractivity contribution in [2.45, 2.75) is 0 Å². The van der Waals surface area contributed by atoms with Crippen LogP contribution in [0.3, 0.4) is 0 Å². The van der Waals surface area contributed by atoms with E-state index in [2.05, 4.69) is 0 Å². The molecule has 0 spiro atoms. The van der Waals surface area contributed by atoms with Crippen molar-refractivity contribution < 1.29 is 14.3 Å². The monoisotopic (exact) mass is 257 g/mol. The molecule has 0 bridgehead atoms. The number of carbonyl (C=O) groups excluding carboxylic acids is 1. The summed E-state index contributed by atoms with van der Waals surface area (Å²) in [4.78, 5) is 12.5. The lowest BCUT2D eigenvalue weighted by atomic mass is 10.0. The summed E-state index contributed by atoms with van der Waals surface area (Å²) in [6.07, 6.45) is 0. The summed E-state index contributed by atoms with van der Waals surface area (Å²) < 4.78 is 10.3. The molecule has 2 rings (SSSR count). The number of ether oxygens (including phenoxy) is 2. The second-order valence-electron chi connectivity index (χ2n) is 4.02. The summed E-state index contributed by atoms with van der Waals surface area (Å²) >= 11 is 0. The minimum absolute atomic E-state index is 0.150.